The lowest BCUT2D eigenvalue weighted by molar-refractivity contribution is -0.384. The van der Waals surface area contributed by atoms with Gasteiger partial charge in [-0.3, -0.25) is 19.8 Å². The predicted octanol–water partition coefficient (Wildman–Crippen LogP) is 3.06. The molecule has 1 aromatic heterocycles. The minimum atomic E-state index is -0.357. The molecule has 0 aliphatic carbocycles. The number of para-hydroxylation sites is 2. The normalized spacial score (nSPS) is 14.7. The first-order valence-electron chi connectivity index (χ1n) is 9.90. The molecule has 0 bridgehead atoms. The van der Waals surface area contributed by atoms with Crippen LogP contribution in [0.4, 0.5) is 11.4 Å². The van der Waals surface area contributed by atoms with Crippen molar-refractivity contribution in [2.45, 2.75) is 33.4 Å². The molecule has 0 N–H and O–H groups in total. The molecular formula is C21H28N4O4. The molecule has 1 aliphatic heterocycles. The lowest BCUT2D eigenvalue weighted by Gasteiger charge is -2.37. The van der Waals surface area contributed by atoms with Gasteiger partial charge in [0.05, 0.1) is 18.0 Å². The van der Waals surface area contributed by atoms with Crippen molar-refractivity contribution >= 4 is 17.3 Å². The number of carbonyl (C=O) groups excluding carboxylic acids is 1. The Morgan fingerprint density at radius 3 is 2.45 bits per heavy atom. The molecule has 3 rings (SSSR count). The molecule has 29 heavy (non-hydrogen) atoms. The van der Waals surface area contributed by atoms with Crippen molar-refractivity contribution in [1.29, 1.82) is 0 Å². The number of hydrogen-bond donors (Lipinski definition) is 0. The topological polar surface area (TPSA) is 83.1 Å². The van der Waals surface area contributed by atoms with E-state index in [0.29, 0.717) is 45.0 Å². The third kappa shape index (κ3) is 5.14. The summed E-state index contributed by atoms with van der Waals surface area (Å²) in [6, 6.07) is 10.8. The van der Waals surface area contributed by atoms with Gasteiger partial charge in [0.2, 0.25) is 5.91 Å². The Morgan fingerprint density at radius 1 is 1.17 bits per heavy atom. The van der Waals surface area contributed by atoms with Crippen LogP contribution in [0.15, 0.2) is 40.8 Å². The van der Waals surface area contributed by atoms with Crippen LogP contribution in [-0.2, 0) is 11.3 Å². The Hall–Kier alpha value is -2.87. The minimum Gasteiger partial charge on any atom is -0.465 e. The molecule has 0 spiro atoms. The van der Waals surface area contributed by atoms with E-state index in [9.17, 15) is 14.9 Å². The maximum absolute atomic E-state index is 12.9. The van der Waals surface area contributed by atoms with Crippen LogP contribution in [0, 0.1) is 17.0 Å². The number of piperazine rings is 1. The molecule has 2 aromatic rings. The zero-order valence-electron chi connectivity index (χ0n) is 17.2. The Bertz CT molecular complexity index is 856. The van der Waals surface area contributed by atoms with Gasteiger partial charge in [0.15, 0.2) is 0 Å². The van der Waals surface area contributed by atoms with Crippen molar-refractivity contribution in [3.05, 3.63) is 58.0 Å². The fourth-order valence-corrected chi connectivity index (χ4v) is 3.55. The van der Waals surface area contributed by atoms with Gasteiger partial charge in [0, 0.05) is 38.3 Å². The highest BCUT2D eigenvalue weighted by Gasteiger charge is 2.27. The van der Waals surface area contributed by atoms with E-state index in [4.69, 9.17) is 4.42 Å². The summed E-state index contributed by atoms with van der Waals surface area (Å²) in [5, 5.41) is 11.3. The first-order valence-corrected chi connectivity index (χ1v) is 9.90. The third-order valence-electron chi connectivity index (χ3n) is 5.28. The second-order valence-electron chi connectivity index (χ2n) is 7.62. The first kappa shape index (κ1) is 20.9. The number of nitrogens with zero attached hydrogens (tertiary/aromatic N) is 4. The van der Waals surface area contributed by atoms with Crippen molar-refractivity contribution in [3.63, 3.8) is 0 Å². The fraction of sp³-hybridized carbons (Fsp3) is 0.476. The maximum Gasteiger partial charge on any atom is 0.292 e. The summed E-state index contributed by atoms with van der Waals surface area (Å²) in [5.74, 6) is 1.79. The number of carbonyl (C=O) groups is 1. The van der Waals surface area contributed by atoms with Gasteiger partial charge in [-0.2, -0.15) is 0 Å². The largest absolute Gasteiger partial charge is 0.465 e. The summed E-state index contributed by atoms with van der Waals surface area (Å²) < 4.78 is 5.66. The number of anilines is 1. The van der Waals surface area contributed by atoms with E-state index in [0.717, 1.165) is 11.5 Å². The Morgan fingerprint density at radius 2 is 1.86 bits per heavy atom. The highest BCUT2D eigenvalue weighted by Crippen LogP contribution is 2.28. The second-order valence-corrected chi connectivity index (χ2v) is 7.62. The van der Waals surface area contributed by atoms with Crippen LogP contribution in [0.2, 0.25) is 0 Å². The van der Waals surface area contributed by atoms with Crippen LogP contribution < -0.4 is 4.90 Å². The van der Waals surface area contributed by atoms with Crippen LogP contribution in [0.5, 0.6) is 0 Å². The molecule has 0 unspecified atom stereocenters. The molecule has 1 saturated heterocycles. The number of furan rings is 1. The fourth-order valence-electron chi connectivity index (χ4n) is 3.55. The van der Waals surface area contributed by atoms with Crippen molar-refractivity contribution in [3.8, 4) is 0 Å². The van der Waals surface area contributed by atoms with Crippen molar-refractivity contribution in [2.24, 2.45) is 0 Å². The quantitative estimate of drug-likeness (QED) is 0.525. The molecule has 0 saturated carbocycles. The van der Waals surface area contributed by atoms with Crippen molar-refractivity contribution in [1.82, 2.24) is 9.80 Å². The summed E-state index contributed by atoms with van der Waals surface area (Å²) in [6.45, 7) is 9.21. The summed E-state index contributed by atoms with van der Waals surface area (Å²) in [4.78, 5) is 29.7. The molecule has 8 heteroatoms. The van der Waals surface area contributed by atoms with Gasteiger partial charge in [0.25, 0.3) is 5.69 Å². The van der Waals surface area contributed by atoms with Gasteiger partial charge in [-0.15, -0.1) is 0 Å². The van der Waals surface area contributed by atoms with Crippen LogP contribution in [0.25, 0.3) is 0 Å². The average Bonchev–Trinajstić information content (AvgIpc) is 3.12. The summed E-state index contributed by atoms with van der Waals surface area (Å²) in [6.07, 6.45) is 0. The summed E-state index contributed by atoms with van der Waals surface area (Å²) in [5.41, 5.74) is 0.716. The number of hydrogen-bond acceptors (Lipinski definition) is 6. The summed E-state index contributed by atoms with van der Waals surface area (Å²) >= 11 is 0. The molecule has 2 heterocycles. The van der Waals surface area contributed by atoms with Crippen LogP contribution >= 0.6 is 0 Å². The van der Waals surface area contributed by atoms with Gasteiger partial charge in [-0.25, -0.2) is 0 Å². The second kappa shape index (κ2) is 9.09. The maximum atomic E-state index is 12.9. The smallest absolute Gasteiger partial charge is 0.292 e. The van der Waals surface area contributed by atoms with E-state index in [-0.39, 0.29) is 22.6 Å². The van der Waals surface area contributed by atoms with E-state index >= 15 is 0 Å². The van der Waals surface area contributed by atoms with E-state index in [1.807, 2.05) is 28.9 Å². The Kier molecular flexibility index (Phi) is 6.53. The van der Waals surface area contributed by atoms with Gasteiger partial charge in [-0.05, 0) is 39.0 Å². The third-order valence-corrected chi connectivity index (χ3v) is 5.28. The average molecular weight is 400 g/mol. The van der Waals surface area contributed by atoms with E-state index in [2.05, 4.69) is 18.7 Å². The number of aryl methyl sites for hydroxylation is 1. The number of amides is 1. The molecule has 1 aliphatic rings. The van der Waals surface area contributed by atoms with E-state index < -0.39 is 0 Å². The monoisotopic (exact) mass is 400 g/mol. The molecular weight excluding hydrogens is 372 g/mol. The molecule has 0 radical (unpaired) electrons. The summed E-state index contributed by atoms with van der Waals surface area (Å²) in [7, 11) is 0. The standard InChI is InChI=1S/C21H28N4O4/c1-16(2)24(14-18-9-8-17(3)29-18)15-21(26)23-12-10-22(11-13-23)19-6-4-5-7-20(19)25(27)28/h4-9,16H,10-15H2,1-3H3. The van der Waals surface area contributed by atoms with Crippen molar-refractivity contribution in [2.75, 3.05) is 37.6 Å². The highest BCUT2D eigenvalue weighted by molar-refractivity contribution is 5.78. The van der Waals surface area contributed by atoms with Crippen LogP contribution in [0.3, 0.4) is 0 Å². The number of nitro groups is 1. The van der Waals surface area contributed by atoms with Gasteiger partial charge in [-0.1, -0.05) is 12.1 Å². The van der Waals surface area contributed by atoms with E-state index in [1.54, 1.807) is 18.2 Å². The number of benzene rings is 1. The molecule has 156 valence electrons. The molecule has 8 nitrogen and oxygen atoms in total. The van der Waals surface area contributed by atoms with Crippen molar-refractivity contribution < 1.29 is 14.1 Å². The van der Waals surface area contributed by atoms with Gasteiger partial charge < -0.3 is 14.2 Å². The Balaban J connectivity index is 1.58. The molecule has 0 atom stereocenters. The zero-order valence-corrected chi connectivity index (χ0v) is 17.2. The first-order chi connectivity index (χ1) is 13.8. The lowest BCUT2D eigenvalue weighted by Crippen LogP contribution is -2.52. The van der Waals surface area contributed by atoms with Crippen LogP contribution in [0.1, 0.15) is 25.4 Å². The number of nitro benzene ring substituents is 1. The zero-order chi connectivity index (χ0) is 21.0. The predicted molar refractivity (Wildman–Crippen MR) is 111 cm³/mol. The van der Waals surface area contributed by atoms with Crippen LogP contribution in [-0.4, -0.2) is 59.4 Å². The lowest BCUT2D eigenvalue weighted by atomic mass is 10.2. The van der Waals surface area contributed by atoms with Gasteiger partial charge in [0.1, 0.15) is 17.2 Å². The highest BCUT2D eigenvalue weighted by atomic mass is 16.6. The molecule has 1 fully saturated rings. The molecule has 1 aromatic carbocycles. The SMILES string of the molecule is Cc1ccc(CN(CC(=O)N2CCN(c3ccccc3[N+](=O)[O-])CC2)C(C)C)o1. The molecule has 1 amide bonds. The Labute approximate surface area is 170 Å². The van der Waals surface area contributed by atoms with Gasteiger partial charge >= 0.3 is 0 Å². The van der Waals surface area contributed by atoms with E-state index in [1.165, 1.54) is 6.07 Å². The number of rotatable bonds is 7. The minimum absolute atomic E-state index is 0.0733.